The number of piperazine rings is 1. The van der Waals surface area contributed by atoms with Crippen LogP contribution in [0.3, 0.4) is 0 Å². The quantitative estimate of drug-likeness (QED) is 0.0605. The SMILES string of the molecule is CCCCCCCC(=O)OCn1cc2cc(CC(NC(=O)N3CCC(c4cc5ccccc5n(COC(=O)CCCCCCC)c4=O)CC3)C(=O)N3CCN(C4CCN(C)CC4)CC3)cc(C)c2n1. The van der Waals surface area contributed by atoms with Crippen molar-refractivity contribution in [2.24, 2.45) is 0 Å². The zero-order valence-corrected chi connectivity index (χ0v) is 41.9. The molecule has 0 spiro atoms. The number of aromatic nitrogens is 3. The summed E-state index contributed by atoms with van der Waals surface area (Å²) in [7, 11) is 2.17. The van der Waals surface area contributed by atoms with Gasteiger partial charge in [0, 0.05) is 81.7 Å². The monoisotopic (exact) mass is 951 g/mol. The Hall–Kier alpha value is -5.28. The first-order valence-corrected chi connectivity index (χ1v) is 26.2. The number of likely N-dealkylation sites (tertiary alicyclic amines) is 2. The second-order valence-electron chi connectivity index (χ2n) is 19.9. The average Bonchev–Trinajstić information content (AvgIpc) is 3.79. The Kier molecular flexibility index (Phi) is 19.1. The lowest BCUT2D eigenvalue weighted by atomic mass is 9.89. The molecule has 4 aromatic rings. The summed E-state index contributed by atoms with van der Waals surface area (Å²) in [5.41, 5.74) is 3.81. The second kappa shape index (κ2) is 25.5. The van der Waals surface area contributed by atoms with E-state index in [0.29, 0.717) is 75.4 Å². The van der Waals surface area contributed by atoms with E-state index in [2.05, 4.69) is 36.0 Å². The maximum Gasteiger partial charge on any atom is 0.318 e. The van der Waals surface area contributed by atoms with E-state index < -0.39 is 6.04 Å². The number of carbonyl (C=O) groups is 4. The number of aryl methyl sites for hydroxylation is 1. The Morgan fingerprint density at radius 3 is 2.03 bits per heavy atom. The normalized spacial score (nSPS) is 17.1. The van der Waals surface area contributed by atoms with Crippen molar-refractivity contribution in [1.82, 2.24) is 39.3 Å². The fourth-order valence-corrected chi connectivity index (χ4v) is 10.5. The fraction of sp³-hybridized carbons (Fsp3) is 0.630. The van der Waals surface area contributed by atoms with Crippen molar-refractivity contribution in [2.75, 3.05) is 59.4 Å². The van der Waals surface area contributed by atoms with E-state index in [-0.39, 0.29) is 48.8 Å². The average molecular weight is 951 g/mol. The lowest BCUT2D eigenvalue weighted by molar-refractivity contribution is -0.148. The summed E-state index contributed by atoms with van der Waals surface area (Å²) in [6.07, 6.45) is 16.7. The molecule has 5 heterocycles. The van der Waals surface area contributed by atoms with Gasteiger partial charge in [-0.05, 0) is 106 Å². The predicted octanol–water partition coefficient (Wildman–Crippen LogP) is 8.12. The van der Waals surface area contributed by atoms with Crippen LogP contribution < -0.4 is 10.9 Å². The number of piperidine rings is 2. The lowest BCUT2D eigenvalue weighted by Crippen LogP contribution is -2.59. The van der Waals surface area contributed by atoms with Crippen LogP contribution >= 0.6 is 0 Å². The number of para-hydroxylation sites is 1. The largest absolute Gasteiger partial charge is 0.444 e. The van der Waals surface area contributed by atoms with Gasteiger partial charge >= 0.3 is 18.0 Å². The molecule has 3 amide bonds. The van der Waals surface area contributed by atoms with Crippen molar-refractivity contribution in [3.05, 3.63) is 75.7 Å². The molecule has 0 bridgehead atoms. The van der Waals surface area contributed by atoms with Crippen LogP contribution in [0.15, 0.2) is 53.5 Å². The molecule has 69 heavy (non-hydrogen) atoms. The first-order valence-electron chi connectivity index (χ1n) is 26.2. The van der Waals surface area contributed by atoms with E-state index in [0.717, 1.165) is 124 Å². The van der Waals surface area contributed by atoms with E-state index in [9.17, 15) is 24.0 Å². The Balaban J connectivity index is 1.01. The molecule has 1 atom stereocenters. The van der Waals surface area contributed by atoms with Gasteiger partial charge in [-0.1, -0.05) is 89.5 Å². The molecule has 0 radical (unpaired) electrons. The molecular weight excluding hydrogens is 873 g/mol. The van der Waals surface area contributed by atoms with Gasteiger partial charge in [-0.25, -0.2) is 9.48 Å². The molecule has 3 aliphatic rings. The number of hydrogen-bond donors (Lipinski definition) is 1. The minimum atomic E-state index is -0.804. The maximum absolute atomic E-state index is 14.6. The number of benzene rings is 2. The predicted molar refractivity (Wildman–Crippen MR) is 270 cm³/mol. The van der Waals surface area contributed by atoms with Crippen LogP contribution in [0, 0.1) is 6.92 Å². The second-order valence-corrected chi connectivity index (χ2v) is 19.9. The number of pyridine rings is 1. The van der Waals surface area contributed by atoms with E-state index in [1.54, 1.807) is 14.1 Å². The van der Waals surface area contributed by atoms with Crippen molar-refractivity contribution < 1.29 is 28.7 Å². The summed E-state index contributed by atoms with van der Waals surface area (Å²) in [4.78, 5) is 76.8. The fourth-order valence-electron chi connectivity index (χ4n) is 10.5. The van der Waals surface area contributed by atoms with Crippen molar-refractivity contribution in [3.63, 3.8) is 0 Å². The van der Waals surface area contributed by atoms with Crippen LogP contribution in [0.1, 0.15) is 139 Å². The highest BCUT2D eigenvalue weighted by molar-refractivity contribution is 5.88. The number of hydrogen-bond acceptors (Lipinski definition) is 10. The van der Waals surface area contributed by atoms with Crippen molar-refractivity contribution >= 4 is 45.7 Å². The van der Waals surface area contributed by atoms with Gasteiger partial charge in [0.05, 0.1) is 11.0 Å². The van der Waals surface area contributed by atoms with Crippen LogP contribution in [0.4, 0.5) is 4.79 Å². The summed E-state index contributed by atoms with van der Waals surface area (Å²) in [6, 6.07) is 13.1. The molecule has 7 rings (SSSR count). The minimum Gasteiger partial charge on any atom is -0.444 e. The molecular formula is C54H78N8O7. The molecule has 2 aromatic heterocycles. The smallest absolute Gasteiger partial charge is 0.318 e. The van der Waals surface area contributed by atoms with Gasteiger partial charge in [0.15, 0.2) is 13.5 Å². The number of unbranched alkanes of at least 4 members (excludes halogenated alkanes) is 8. The van der Waals surface area contributed by atoms with E-state index >= 15 is 0 Å². The zero-order chi connectivity index (χ0) is 48.7. The number of carbonyl (C=O) groups excluding carboxylic acids is 4. The highest BCUT2D eigenvalue weighted by atomic mass is 16.5. The molecule has 0 aliphatic carbocycles. The Bertz CT molecular complexity index is 2390. The van der Waals surface area contributed by atoms with Gasteiger partial charge in [0.1, 0.15) is 6.04 Å². The van der Waals surface area contributed by atoms with E-state index in [4.69, 9.17) is 14.6 Å². The Morgan fingerprint density at radius 2 is 1.36 bits per heavy atom. The topological polar surface area (TPSA) is 152 Å². The molecule has 15 nitrogen and oxygen atoms in total. The number of esters is 2. The number of rotatable bonds is 22. The molecule has 376 valence electrons. The first-order chi connectivity index (χ1) is 33.5. The number of nitrogens with one attached hydrogen (secondary N) is 1. The number of urea groups is 1. The third-order valence-corrected chi connectivity index (χ3v) is 14.7. The maximum atomic E-state index is 14.6. The number of ether oxygens (including phenoxy) is 2. The summed E-state index contributed by atoms with van der Waals surface area (Å²) in [6.45, 7) is 12.0. The third kappa shape index (κ3) is 14.2. The van der Waals surface area contributed by atoms with Crippen LogP contribution in [-0.4, -0.2) is 129 Å². The van der Waals surface area contributed by atoms with E-state index in [1.165, 1.54) is 6.42 Å². The van der Waals surface area contributed by atoms with Gasteiger partial charge in [0.25, 0.3) is 5.56 Å². The molecule has 3 saturated heterocycles. The highest BCUT2D eigenvalue weighted by Gasteiger charge is 2.34. The lowest BCUT2D eigenvalue weighted by Gasteiger charge is -2.43. The van der Waals surface area contributed by atoms with Crippen molar-refractivity contribution in [2.45, 2.75) is 161 Å². The number of amides is 3. The molecule has 0 saturated carbocycles. The van der Waals surface area contributed by atoms with Gasteiger partial charge in [-0.2, -0.15) is 5.10 Å². The van der Waals surface area contributed by atoms with Crippen LogP contribution in [0.5, 0.6) is 0 Å². The number of nitrogens with zero attached hydrogens (tertiary/aromatic N) is 7. The Labute approximate surface area is 408 Å². The van der Waals surface area contributed by atoms with Gasteiger partial charge < -0.3 is 29.5 Å². The summed E-state index contributed by atoms with van der Waals surface area (Å²) in [5.74, 6) is -0.721. The summed E-state index contributed by atoms with van der Waals surface area (Å²) in [5, 5.41) is 9.66. The standard InChI is InChI=1S/C54H78N8O7/c1-5-7-9-11-13-19-49(63)68-38-61-37-44-34-41(33-40(3)51(44)56-61)35-47(53(66)59-31-29-58(30-32-59)45-23-25-57(4)26-24-45)55-54(67)60-27-21-42(22-28-60)46-36-43-17-15-16-18-48(43)62(52(46)65)39-69-50(64)20-14-12-10-8-6-2/h15-18,33-34,36-37,42,45,47H,5-14,19-32,35,38-39H2,1-4H3,(H,55,67). The molecule has 15 heteroatoms. The van der Waals surface area contributed by atoms with Crippen LogP contribution in [0.2, 0.25) is 0 Å². The Morgan fingerprint density at radius 1 is 0.725 bits per heavy atom. The minimum absolute atomic E-state index is 0.0281. The molecule has 3 fully saturated rings. The molecule has 3 aliphatic heterocycles. The van der Waals surface area contributed by atoms with Gasteiger partial charge in [-0.15, -0.1) is 0 Å². The van der Waals surface area contributed by atoms with Crippen LogP contribution in [0.25, 0.3) is 21.8 Å². The highest BCUT2D eigenvalue weighted by Crippen LogP contribution is 2.29. The molecule has 1 N–H and O–H groups in total. The van der Waals surface area contributed by atoms with E-state index in [1.807, 2.05) is 60.5 Å². The van der Waals surface area contributed by atoms with Gasteiger partial charge in [-0.3, -0.25) is 28.6 Å². The van der Waals surface area contributed by atoms with Crippen molar-refractivity contribution in [1.29, 1.82) is 0 Å². The van der Waals surface area contributed by atoms with Crippen molar-refractivity contribution in [3.8, 4) is 0 Å². The molecule has 1 unspecified atom stereocenters. The zero-order valence-electron chi connectivity index (χ0n) is 41.9. The first kappa shape index (κ1) is 51.6. The number of fused-ring (bicyclic) bond motifs is 2. The molecule has 2 aromatic carbocycles. The third-order valence-electron chi connectivity index (χ3n) is 14.7. The van der Waals surface area contributed by atoms with Gasteiger partial charge in [0.2, 0.25) is 5.91 Å². The summed E-state index contributed by atoms with van der Waals surface area (Å²) >= 11 is 0. The van der Waals surface area contributed by atoms with Crippen LogP contribution in [-0.2, 0) is 43.7 Å². The summed E-state index contributed by atoms with van der Waals surface area (Å²) < 4.78 is 14.4.